The predicted octanol–water partition coefficient (Wildman–Crippen LogP) is 3.04. The maximum Gasteiger partial charge on any atom is 0.330 e. The van der Waals surface area contributed by atoms with E-state index in [4.69, 9.17) is 33.0 Å². The minimum atomic E-state index is -1.84. The van der Waals surface area contributed by atoms with Gasteiger partial charge in [0.05, 0.1) is 0 Å². The van der Waals surface area contributed by atoms with Crippen molar-refractivity contribution in [3.05, 3.63) is 0 Å². The smallest absolute Gasteiger partial charge is 0.330 e. The Morgan fingerprint density at radius 3 is 1.72 bits per heavy atom. The highest BCUT2D eigenvalue weighted by Gasteiger charge is 2.57. The van der Waals surface area contributed by atoms with Crippen LogP contribution in [-0.4, -0.2) is 32.9 Å². The average molecular weight is 299 g/mol. The van der Waals surface area contributed by atoms with Crippen LogP contribution in [0.3, 0.4) is 0 Å². The van der Waals surface area contributed by atoms with Gasteiger partial charge in [-0.2, -0.15) is 0 Å². The molecule has 0 aromatic rings. The molecule has 0 spiro atoms. The highest BCUT2D eigenvalue weighted by Crippen LogP contribution is 2.43. The molecule has 0 heterocycles. The minimum absolute atomic E-state index is 0.766. The highest BCUT2D eigenvalue weighted by molar-refractivity contribution is 6.45. The third-order valence-electron chi connectivity index (χ3n) is 2.35. The average Bonchev–Trinajstić information content (AvgIpc) is 2.10. The van der Waals surface area contributed by atoms with Crippen LogP contribution in [0.25, 0.3) is 0 Å². The molecule has 0 bridgehead atoms. The fourth-order valence-corrected chi connectivity index (χ4v) is 1.86. The molecule has 0 aliphatic carbocycles. The van der Waals surface area contributed by atoms with Gasteiger partial charge >= 0.3 is 11.9 Å². The van der Waals surface area contributed by atoms with Crippen LogP contribution in [-0.2, 0) is 14.3 Å². The van der Waals surface area contributed by atoms with E-state index in [9.17, 15) is 9.59 Å². The number of halogens is 2. The van der Waals surface area contributed by atoms with E-state index in [1.54, 1.807) is 41.5 Å². The quantitative estimate of drug-likeness (QED) is 0.642. The molecule has 0 aliphatic heterocycles. The van der Waals surface area contributed by atoms with Crippen molar-refractivity contribution in [2.75, 3.05) is 0 Å². The largest absolute Gasteiger partial charge is 0.480 e. The Kier molecular flexibility index (Phi) is 5.11. The molecule has 0 aliphatic rings. The first kappa shape index (κ1) is 17.5. The molecule has 0 aromatic heterocycles. The maximum atomic E-state index is 12.2. The monoisotopic (exact) mass is 298 g/mol. The van der Waals surface area contributed by atoms with Crippen molar-refractivity contribution < 1.29 is 19.4 Å². The molecule has 2 unspecified atom stereocenters. The Labute approximate surface area is 118 Å². The van der Waals surface area contributed by atoms with Crippen LogP contribution in [0.4, 0.5) is 0 Å². The van der Waals surface area contributed by atoms with Gasteiger partial charge in [-0.15, -0.1) is 23.2 Å². The highest BCUT2D eigenvalue weighted by atomic mass is 35.5. The molecule has 4 nitrogen and oxygen atoms in total. The third-order valence-corrected chi connectivity index (χ3v) is 3.92. The van der Waals surface area contributed by atoms with E-state index in [0.29, 0.717) is 0 Å². The predicted molar refractivity (Wildman–Crippen MR) is 71.2 cm³/mol. The molecule has 0 radical (unpaired) electrons. The van der Waals surface area contributed by atoms with Crippen LogP contribution < -0.4 is 0 Å². The van der Waals surface area contributed by atoms with Crippen molar-refractivity contribution in [2.45, 2.75) is 57.4 Å². The normalized spacial score (nSPS) is 17.8. The van der Waals surface area contributed by atoms with Crippen LogP contribution in [0, 0.1) is 5.41 Å². The molecule has 0 aromatic carbocycles. The van der Waals surface area contributed by atoms with Gasteiger partial charge in [0.15, 0.2) is 10.3 Å². The van der Waals surface area contributed by atoms with Crippen molar-refractivity contribution in [3.63, 3.8) is 0 Å². The molecular weight excluding hydrogens is 279 g/mol. The number of esters is 1. The lowest BCUT2D eigenvalue weighted by molar-refractivity contribution is -0.164. The molecule has 0 amide bonds. The van der Waals surface area contributed by atoms with Gasteiger partial charge in [-0.05, 0) is 26.2 Å². The lowest BCUT2D eigenvalue weighted by atomic mass is 9.77. The van der Waals surface area contributed by atoms with Crippen molar-refractivity contribution in [2.24, 2.45) is 5.41 Å². The molecule has 2 atom stereocenters. The second kappa shape index (κ2) is 5.25. The fraction of sp³-hybridized carbons (Fsp3) is 0.833. The van der Waals surface area contributed by atoms with E-state index in [2.05, 4.69) is 0 Å². The number of rotatable bonds is 3. The van der Waals surface area contributed by atoms with Gasteiger partial charge < -0.3 is 9.84 Å². The van der Waals surface area contributed by atoms with Crippen molar-refractivity contribution in [1.29, 1.82) is 0 Å². The van der Waals surface area contributed by atoms with Gasteiger partial charge in [0.2, 0.25) is 0 Å². The van der Waals surface area contributed by atoms with Crippen LogP contribution in [0.1, 0.15) is 41.5 Å². The Morgan fingerprint density at radius 1 is 1.11 bits per heavy atom. The van der Waals surface area contributed by atoms with Crippen LogP contribution in [0.2, 0.25) is 0 Å². The molecule has 6 heteroatoms. The van der Waals surface area contributed by atoms with Gasteiger partial charge in [0, 0.05) is 0 Å². The fourth-order valence-electron chi connectivity index (χ4n) is 1.31. The summed E-state index contributed by atoms with van der Waals surface area (Å²) in [4.78, 5) is 21.4. The van der Waals surface area contributed by atoms with Crippen molar-refractivity contribution >= 4 is 35.1 Å². The van der Waals surface area contributed by atoms with E-state index in [-0.39, 0.29) is 0 Å². The zero-order chi connectivity index (χ0) is 14.9. The number of hydrogen-bond donors (Lipinski definition) is 1. The number of carbonyl (C=O) groups excluding carboxylic acids is 1. The van der Waals surface area contributed by atoms with Gasteiger partial charge in [0.1, 0.15) is 5.60 Å². The summed E-state index contributed by atoms with van der Waals surface area (Å²) in [6.07, 6.45) is 0. The summed E-state index contributed by atoms with van der Waals surface area (Å²) in [5.41, 5.74) is -1.64. The zero-order valence-electron chi connectivity index (χ0n) is 11.5. The second-order valence-corrected chi connectivity index (χ2v) is 7.20. The number of hydrogen-bond acceptors (Lipinski definition) is 3. The summed E-state index contributed by atoms with van der Waals surface area (Å²) >= 11 is 12.0. The van der Waals surface area contributed by atoms with Crippen molar-refractivity contribution in [3.8, 4) is 0 Å². The first-order valence-electron chi connectivity index (χ1n) is 5.52. The summed E-state index contributed by atoms with van der Waals surface area (Å²) in [6, 6.07) is 0. The Hall–Kier alpha value is -0.480. The SMILES string of the molecule is CC(C)(C)OC(=O)C(Cl)(C(Cl)C(=O)O)C(C)(C)C. The Balaban J connectivity index is 5.51. The van der Waals surface area contributed by atoms with E-state index < -0.39 is 33.2 Å². The molecular formula is C12H20Cl2O4. The number of carboxylic acids is 1. The number of ether oxygens (including phenoxy) is 1. The lowest BCUT2D eigenvalue weighted by Gasteiger charge is -2.40. The molecule has 1 N–H and O–H groups in total. The summed E-state index contributed by atoms with van der Waals surface area (Å²) in [5, 5.41) is 7.43. The standard InChI is InChI=1S/C12H20Cl2O4/c1-10(2,3)12(14,7(13)8(15)16)9(17)18-11(4,5)6/h7H,1-6H3,(H,15,16). The van der Waals surface area contributed by atoms with E-state index in [1.807, 2.05) is 0 Å². The first-order valence-corrected chi connectivity index (χ1v) is 6.34. The zero-order valence-corrected chi connectivity index (χ0v) is 13.0. The van der Waals surface area contributed by atoms with Gasteiger partial charge in [-0.1, -0.05) is 20.8 Å². The van der Waals surface area contributed by atoms with E-state index in [0.717, 1.165) is 0 Å². The summed E-state index contributed by atoms with van der Waals surface area (Å²) < 4.78 is 5.18. The molecule has 0 saturated heterocycles. The summed E-state index contributed by atoms with van der Waals surface area (Å²) in [5.74, 6) is -2.18. The third kappa shape index (κ3) is 3.75. The molecule has 18 heavy (non-hydrogen) atoms. The molecule has 0 saturated carbocycles. The second-order valence-electron chi connectivity index (χ2n) is 6.16. The topological polar surface area (TPSA) is 63.6 Å². The van der Waals surface area contributed by atoms with Gasteiger partial charge in [-0.25, -0.2) is 0 Å². The Bertz CT molecular complexity index is 341. The van der Waals surface area contributed by atoms with Crippen molar-refractivity contribution in [1.82, 2.24) is 0 Å². The number of carbonyl (C=O) groups is 2. The summed E-state index contributed by atoms with van der Waals surface area (Å²) in [7, 11) is 0. The number of carboxylic acid groups (broad SMARTS) is 1. The van der Waals surface area contributed by atoms with Gasteiger partial charge in [-0.3, -0.25) is 9.59 Å². The molecule has 0 fully saturated rings. The van der Waals surface area contributed by atoms with Crippen LogP contribution >= 0.6 is 23.2 Å². The number of alkyl halides is 2. The molecule has 106 valence electrons. The Morgan fingerprint density at radius 2 is 1.50 bits per heavy atom. The summed E-state index contributed by atoms with van der Waals surface area (Å²) in [6.45, 7) is 9.95. The van der Waals surface area contributed by atoms with Crippen LogP contribution in [0.5, 0.6) is 0 Å². The maximum absolute atomic E-state index is 12.2. The number of aliphatic carboxylic acids is 1. The first-order chi connectivity index (χ1) is 7.73. The lowest BCUT2D eigenvalue weighted by Crippen LogP contribution is -2.56. The van der Waals surface area contributed by atoms with Gasteiger partial charge in [0.25, 0.3) is 0 Å². The van der Waals surface area contributed by atoms with E-state index >= 15 is 0 Å². The molecule has 0 rings (SSSR count). The minimum Gasteiger partial charge on any atom is -0.480 e. The van der Waals surface area contributed by atoms with E-state index in [1.165, 1.54) is 0 Å². The van der Waals surface area contributed by atoms with Crippen LogP contribution in [0.15, 0.2) is 0 Å².